The van der Waals surface area contributed by atoms with Crippen molar-refractivity contribution >= 4 is 23.2 Å². The van der Waals surface area contributed by atoms with E-state index in [0.717, 1.165) is 5.56 Å². The van der Waals surface area contributed by atoms with E-state index >= 15 is 0 Å². The average molecular weight is 399 g/mol. The fourth-order valence-corrected chi connectivity index (χ4v) is 2.63. The zero-order valence-corrected chi connectivity index (χ0v) is 16.0. The third-order valence-electron chi connectivity index (χ3n) is 4.01. The highest BCUT2D eigenvalue weighted by Crippen LogP contribution is 2.30. The summed E-state index contributed by atoms with van der Waals surface area (Å²) in [5, 5.41) is 3.34. The summed E-state index contributed by atoms with van der Waals surface area (Å²) in [5.41, 5.74) is 1.40. The van der Waals surface area contributed by atoms with Crippen LogP contribution in [0.4, 0.5) is 14.5 Å². The van der Waals surface area contributed by atoms with Crippen molar-refractivity contribution in [2.24, 2.45) is 0 Å². The molecule has 8 heteroatoms. The number of likely N-dealkylation sites (N-methyl/N-ethyl adjacent to an activating group) is 1. The summed E-state index contributed by atoms with van der Waals surface area (Å²) in [5.74, 6) is -0.0210. The SMILES string of the molecule is COc1cc(CN(C)C(C)C(=O)Nc2cccc(Cl)c2)ccc1OC(F)F. The molecule has 1 unspecified atom stereocenters. The molecule has 0 aliphatic rings. The van der Waals surface area contributed by atoms with E-state index < -0.39 is 12.7 Å². The number of alkyl halides is 2. The van der Waals surface area contributed by atoms with Gasteiger partial charge in [0.2, 0.25) is 5.91 Å². The highest BCUT2D eigenvalue weighted by molar-refractivity contribution is 6.30. The molecule has 0 aromatic heterocycles. The summed E-state index contributed by atoms with van der Waals surface area (Å²) in [6.45, 7) is -0.747. The van der Waals surface area contributed by atoms with Gasteiger partial charge in [-0.1, -0.05) is 23.7 Å². The smallest absolute Gasteiger partial charge is 0.387 e. The van der Waals surface area contributed by atoms with Gasteiger partial charge in [0.05, 0.1) is 13.2 Å². The molecule has 1 amide bonds. The molecular weight excluding hydrogens is 378 g/mol. The first-order valence-corrected chi connectivity index (χ1v) is 8.56. The quantitative estimate of drug-likeness (QED) is 0.715. The molecule has 0 aliphatic heterocycles. The van der Waals surface area contributed by atoms with E-state index in [1.54, 1.807) is 50.4 Å². The number of amides is 1. The number of benzene rings is 2. The van der Waals surface area contributed by atoms with E-state index in [1.807, 2.05) is 4.90 Å². The van der Waals surface area contributed by atoms with Gasteiger partial charge in [-0.3, -0.25) is 9.69 Å². The van der Waals surface area contributed by atoms with Crippen molar-refractivity contribution in [2.75, 3.05) is 19.5 Å². The second-order valence-electron chi connectivity index (χ2n) is 5.95. The van der Waals surface area contributed by atoms with Crippen molar-refractivity contribution in [1.82, 2.24) is 4.90 Å². The summed E-state index contributed by atoms with van der Waals surface area (Å²) in [4.78, 5) is 14.3. The average Bonchev–Trinajstić information content (AvgIpc) is 2.61. The highest BCUT2D eigenvalue weighted by Gasteiger charge is 2.19. The number of halogens is 3. The maximum Gasteiger partial charge on any atom is 0.387 e. The van der Waals surface area contributed by atoms with Crippen LogP contribution in [0.1, 0.15) is 12.5 Å². The first-order chi connectivity index (χ1) is 12.8. The van der Waals surface area contributed by atoms with Gasteiger partial charge >= 0.3 is 6.61 Å². The Morgan fingerprint density at radius 2 is 1.96 bits per heavy atom. The molecule has 0 spiro atoms. The van der Waals surface area contributed by atoms with E-state index in [1.165, 1.54) is 13.2 Å². The molecule has 2 aromatic carbocycles. The molecule has 2 aromatic rings. The number of carbonyl (C=O) groups is 1. The molecule has 0 radical (unpaired) electrons. The third kappa shape index (κ3) is 6.08. The van der Waals surface area contributed by atoms with Gasteiger partial charge in [0.15, 0.2) is 11.5 Å². The minimum Gasteiger partial charge on any atom is -0.493 e. The molecule has 5 nitrogen and oxygen atoms in total. The van der Waals surface area contributed by atoms with Gasteiger partial charge in [0.1, 0.15) is 0 Å². The predicted octanol–water partition coefficient (Wildman–Crippen LogP) is 4.41. The minimum atomic E-state index is -2.93. The minimum absolute atomic E-state index is 0.0364. The first-order valence-electron chi connectivity index (χ1n) is 8.18. The maximum absolute atomic E-state index is 12.4. The summed E-state index contributed by atoms with van der Waals surface area (Å²) in [7, 11) is 3.17. The molecule has 1 N–H and O–H groups in total. The Morgan fingerprint density at radius 1 is 1.22 bits per heavy atom. The van der Waals surface area contributed by atoms with Crippen LogP contribution >= 0.6 is 11.6 Å². The summed E-state index contributed by atoms with van der Waals surface area (Å²) in [6, 6.07) is 11.1. The van der Waals surface area contributed by atoms with E-state index in [2.05, 4.69) is 10.1 Å². The third-order valence-corrected chi connectivity index (χ3v) is 4.24. The topological polar surface area (TPSA) is 50.8 Å². The molecular formula is C19H21ClF2N2O3. The van der Waals surface area contributed by atoms with E-state index in [0.29, 0.717) is 17.3 Å². The van der Waals surface area contributed by atoms with Crippen molar-refractivity contribution < 1.29 is 23.0 Å². The normalized spacial score (nSPS) is 12.1. The number of ether oxygens (including phenoxy) is 2. The Bertz CT molecular complexity index is 789. The molecule has 146 valence electrons. The maximum atomic E-state index is 12.4. The summed E-state index contributed by atoms with van der Waals surface area (Å²) < 4.78 is 34.3. The molecule has 27 heavy (non-hydrogen) atoms. The van der Waals surface area contributed by atoms with Gasteiger partial charge in [0, 0.05) is 17.3 Å². The number of hydrogen-bond acceptors (Lipinski definition) is 4. The Balaban J connectivity index is 2.02. The predicted molar refractivity (Wildman–Crippen MR) is 101 cm³/mol. The molecule has 0 saturated carbocycles. The largest absolute Gasteiger partial charge is 0.493 e. The van der Waals surface area contributed by atoms with Gasteiger partial charge in [0.25, 0.3) is 0 Å². The van der Waals surface area contributed by atoms with Crippen LogP contribution in [0.25, 0.3) is 0 Å². The van der Waals surface area contributed by atoms with E-state index in [9.17, 15) is 13.6 Å². The van der Waals surface area contributed by atoms with Crippen LogP contribution in [-0.2, 0) is 11.3 Å². The van der Waals surface area contributed by atoms with Crippen molar-refractivity contribution in [3.05, 3.63) is 53.1 Å². The van der Waals surface area contributed by atoms with Crippen molar-refractivity contribution in [3.8, 4) is 11.5 Å². The number of nitrogens with zero attached hydrogens (tertiary/aromatic N) is 1. The van der Waals surface area contributed by atoms with Gasteiger partial charge in [-0.2, -0.15) is 8.78 Å². The van der Waals surface area contributed by atoms with Crippen LogP contribution in [0.15, 0.2) is 42.5 Å². The fraction of sp³-hybridized carbons (Fsp3) is 0.316. The summed E-state index contributed by atoms with van der Waals surface area (Å²) >= 11 is 5.92. The van der Waals surface area contributed by atoms with Gasteiger partial charge in [-0.05, 0) is 49.9 Å². The second-order valence-corrected chi connectivity index (χ2v) is 6.39. The Kier molecular flexibility index (Phi) is 7.38. The molecule has 0 heterocycles. The lowest BCUT2D eigenvalue weighted by atomic mass is 10.1. The van der Waals surface area contributed by atoms with Crippen LogP contribution in [0.5, 0.6) is 11.5 Å². The second kappa shape index (κ2) is 9.53. The number of nitrogens with one attached hydrogen (secondary N) is 1. The standard InChI is InChI=1S/C19H21ClF2N2O3/c1-12(18(25)23-15-6-4-5-14(20)10-15)24(2)11-13-7-8-16(27-19(21)22)17(9-13)26-3/h4-10,12,19H,11H2,1-3H3,(H,23,25). The van der Waals surface area contributed by atoms with Gasteiger partial charge < -0.3 is 14.8 Å². The lowest BCUT2D eigenvalue weighted by Gasteiger charge is -2.24. The lowest BCUT2D eigenvalue weighted by Crippen LogP contribution is -2.39. The van der Waals surface area contributed by atoms with Crippen molar-refractivity contribution in [2.45, 2.75) is 26.1 Å². The van der Waals surface area contributed by atoms with Crippen LogP contribution in [0, 0.1) is 0 Å². The number of hydrogen-bond donors (Lipinski definition) is 1. The van der Waals surface area contributed by atoms with Crippen molar-refractivity contribution in [3.63, 3.8) is 0 Å². The fourth-order valence-electron chi connectivity index (χ4n) is 2.44. The zero-order chi connectivity index (χ0) is 20.0. The first kappa shape index (κ1) is 20.9. The van der Waals surface area contributed by atoms with Crippen molar-refractivity contribution in [1.29, 1.82) is 0 Å². The number of methoxy groups -OCH3 is 1. The van der Waals surface area contributed by atoms with Gasteiger partial charge in [-0.15, -0.1) is 0 Å². The van der Waals surface area contributed by atoms with E-state index in [4.69, 9.17) is 16.3 Å². The molecule has 2 rings (SSSR count). The monoisotopic (exact) mass is 398 g/mol. The molecule has 0 saturated heterocycles. The zero-order valence-electron chi connectivity index (χ0n) is 15.2. The molecule has 0 bridgehead atoms. The molecule has 1 atom stereocenters. The van der Waals surface area contributed by atoms with Crippen LogP contribution in [0.3, 0.4) is 0 Å². The van der Waals surface area contributed by atoms with Crippen LogP contribution < -0.4 is 14.8 Å². The molecule has 0 fully saturated rings. The highest BCUT2D eigenvalue weighted by atomic mass is 35.5. The van der Waals surface area contributed by atoms with E-state index in [-0.39, 0.29) is 17.4 Å². The lowest BCUT2D eigenvalue weighted by molar-refractivity contribution is -0.120. The molecule has 0 aliphatic carbocycles. The number of rotatable bonds is 8. The number of anilines is 1. The Morgan fingerprint density at radius 3 is 2.59 bits per heavy atom. The van der Waals surface area contributed by atoms with Crippen LogP contribution in [-0.4, -0.2) is 37.6 Å². The van der Waals surface area contributed by atoms with Crippen LogP contribution in [0.2, 0.25) is 5.02 Å². The van der Waals surface area contributed by atoms with Gasteiger partial charge in [-0.25, -0.2) is 0 Å². The Hall–Kier alpha value is -2.38. The number of carbonyl (C=O) groups excluding carboxylic acids is 1. The Labute approximate surface area is 161 Å². The summed E-state index contributed by atoms with van der Waals surface area (Å²) in [6.07, 6.45) is 0.